The maximum absolute atomic E-state index is 13.7. The molecule has 4 aromatic rings. The Kier molecular flexibility index (Phi) is 5.64. The maximum Gasteiger partial charge on any atom is 0.306 e. The standard InChI is InChI=1S/C29H26FN3O3/c1-16-11-20(6-8-24(16)17-3-2-4-22(30)13-17)28-32-27(33-36-28)19-5-9-25-18(12-19)7-10-26(25)31-23-14-21(15-23)29(34)35/h2-6,8-9,11-13,21,23,26,31H,7,10,14-15H2,1H3,(H,34,35). The third-order valence-corrected chi connectivity index (χ3v) is 7.44. The predicted octanol–water partition coefficient (Wildman–Crippen LogP) is 5.96. The molecular formula is C29H26FN3O3. The van der Waals surface area contributed by atoms with E-state index < -0.39 is 5.97 Å². The summed E-state index contributed by atoms with van der Waals surface area (Å²) in [5, 5.41) is 17.0. The number of nitrogens with zero attached hydrogens (tertiary/aromatic N) is 2. The highest BCUT2D eigenvalue weighted by atomic mass is 19.1. The highest BCUT2D eigenvalue weighted by Crippen LogP contribution is 2.37. The topological polar surface area (TPSA) is 88.2 Å². The van der Waals surface area contributed by atoms with Crippen LogP contribution in [0, 0.1) is 18.7 Å². The fourth-order valence-corrected chi connectivity index (χ4v) is 5.40. The van der Waals surface area contributed by atoms with Crippen LogP contribution in [0.4, 0.5) is 4.39 Å². The van der Waals surface area contributed by atoms with Crippen LogP contribution in [-0.2, 0) is 11.2 Å². The van der Waals surface area contributed by atoms with Gasteiger partial charge in [0.25, 0.3) is 5.89 Å². The van der Waals surface area contributed by atoms with Crippen molar-refractivity contribution in [2.75, 3.05) is 0 Å². The number of nitrogens with one attached hydrogen (secondary N) is 1. The lowest BCUT2D eigenvalue weighted by molar-refractivity contribution is -0.145. The Morgan fingerprint density at radius 2 is 1.89 bits per heavy atom. The number of halogens is 1. The van der Waals surface area contributed by atoms with Crippen molar-refractivity contribution in [3.05, 3.63) is 83.2 Å². The Hall–Kier alpha value is -3.84. The minimum atomic E-state index is -0.693. The van der Waals surface area contributed by atoms with Crippen molar-refractivity contribution in [2.24, 2.45) is 5.92 Å². The van der Waals surface area contributed by atoms with E-state index in [0.29, 0.717) is 24.6 Å². The maximum atomic E-state index is 13.7. The van der Waals surface area contributed by atoms with Gasteiger partial charge in [0.2, 0.25) is 5.82 Å². The summed E-state index contributed by atoms with van der Waals surface area (Å²) in [6, 6.07) is 19.2. The van der Waals surface area contributed by atoms with E-state index in [1.165, 1.54) is 23.3 Å². The Morgan fingerprint density at radius 1 is 1.06 bits per heavy atom. The summed E-state index contributed by atoms with van der Waals surface area (Å²) in [5.74, 6) is -0.179. The summed E-state index contributed by atoms with van der Waals surface area (Å²) in [7, 11) is 0. The molecule has 0 aliphatic heterocycles. The van der Waals surface area contributed by atoms with Crippen LogP contribution >= 0.6 is 0 Å². The molecule has 3 aromatic carbocycles. The van der Waals surface area contributed by atoms with E-state index in [0.717, 1.165) is 40.7 Å². The SMILES string of the molecule is Cc1cc(-c2nc(-c3ccc4c(c3)CCC4NC3CC(C(=O)O)C3)no2)ccc1-c1cccc(F)c1. The van der Waals surface area contributed by atoms with Gasteiger partial charge >= 0.3 is 5.97 Å². The summed E-state index contributed by atoms with van der Waals surface area (Å²) in [6.07, 6.45) is 3.37. The molecule has 0 bridgehead atoms. The smallest absolute Gasteiger partial charge is 0.306 e. The molecule has 182 valence electrons. The number of hydrogen-bond donors (Lipinski definition) is 2. The molecule has 1 fully saturated rings. The van der Waals surface area contributed by atoms with Crippen molar-refractivity contribution in [1.82, 2.24) is 15.5 Å². The Morgan fingerprint density at radius 3 is 2.67 bits per heavy atom. The highest BCUT2D eigenvalue weighted by Gasteiger charge is 2.36. The van der Waals surface area contributed by atoms with Gasteiger partial charge in [0.05, 0.1) is 5.92 Å². The van der Waals surface area contributed by atoms with Gasteiger partial charge in [-0.25, -0.2) is 4.39 Å². The zero-order valence-electron chi connectivity index (χ0n) is 19.9. The van der Waals surface area contributed by atoms with Gasteiger partial charge in [-0.1, -0.05) is 35.5 Å². The average Bonchev–Trinajstić information content (AvgIpc) is 3.48. The van der Waals surface area contributed by atoms with Gasteiger partial charge in [-0.2, -0.15) is 4.98 Å². The van der Waals surface area contributed by atoms with E-state index >= 15 is 0 Å². The molecular weight excluding hydrogens is 457 g/mol. The number of benzene rings is 3. The molecule has 2 aliphatic rings. The Bertz CT molecular complexity index is 1460. The van der Waals surface area contributed by atoms with Gasteiger partial charge in [-0.15, -0.1) is 0 Å². The normalized spacial score (nSPS) is 20.7. The molecule has 1 saturated carbocycles. The van der Waals surface area contributed by atoms with Gasteiger partial charge in [-0.05, 0) is 90.8 Å². The van der Waals surface area contributed by atoms with Crippen LogP contribution in [-0.4, -0.2) is 27.3 Å². The van der Waals surface area contributed by atoms with Crippen molar-refractivity contribution in [2.45, 2.75) is 44.7 Å². The summed E-state index contributed by atoms with van der Waals surface area (Å²) < 4.78 is 19.2. The summed E-state index contributed by atoms with van der Waals surface area (Å²) in [5.41, 5.74) is 7.04. The number of aromatic nitrogens is 2. The largest absolute Gasteiger partial charge is 0.481 e. The fraction of sp³-hybridized carbons (Fsp3) is 0.276. The van der Waals surface area contributed by atoms with Crippen molar-refractivity contribution >= 4 is 5.97 Å². The molecule has 0 saturated heterocycles. The lowest BCUT2D eigenvalue weighted by atomic mass is 9.80. The summed E-state index contributed by atoms with van der Waals surface area (Å²) in [4.78, 5) is 15.7. The number of fused-ring (bicyclic) bond motifs is 1. The fourth-order valence-electron chi connectivity index (χ4n) is 5.40. The van der Waals surface area contributed by atoms with Crippen LogP contribution in [0.15, 0.2) is 65.2 Å². The second-order valence-electron chi connectivity index (χ2n) is 9.84. The van der Waals surface area contributed by atoms with Crippen LogP contribution < -0.4 is 5.32 Å². The molecule has 1 unspecified atom stereocenters. The van der Waals surface area contributed by atoms with Crippen molar-refractivity contribution in [1.29, 1.82) is 0 Å². The minimum absolute atomic E-state index is 0.209. The third kappa shape index (κ3) is 4.20. The minimum Gasteiger partial charge on any atom is -0.481 e. The van der Waals surface area contributed by atoms with E-state index in [2.05, 4.69) is 27.6 Å². The lowest BCUT2D eigenvalue weighted by Gasteiger charge is -2.35. The van der Waals surface area contributed by atoms with Crippen LogP contribution in [0.5, 0.6) is 0 Å². The van der Waals surface area contributed by atoms with Crippen molar-refractivity contribution in [3.63, 3.8) is 0 Å². The molecule has 1 aromatic heterocycles. The molecule has 1 atom stereocenters. The first kappa shape index (κ1) is 22.6. The van der Waals surface area contributed by atoms with Gasteiger partial charge in [0, 0.05) is 23.2 Å². The number of hydrogen-bond acceptors (Lipinski definition) is 5. The molecule has 2 aliphatic carbocycles. The first-order chi connectivity index (χ1) is 17.4. The molecule has 1 heterocycles. The van der Waals surface area contributed by atoms with Gasteiger partial charge in [0.1, 0.15) is 5.82 Å². The average molecular weight is 484 g/mol. The molecule has 6 rings (SSSR count). The zero-order chi connectivity index (χ0) is 24.8. The van der Waals surface area contributed by atoms with E-state index in [-0.39, 0.29) is 23.8 Å². The lowest BCUT2D eigenvalue weighted by Crippen LogP contribution is -2.45. The first-order valence-electron chi connectivity index (χ1n) is 12.3. The number of carboxylic acid groups (broad SMARTS) is 1. The van der Waals surface area contributed by atoms with Crippen LogP contribution in [0.3, 0.4) is 0 Å². The van der Waals surface area contributed by atoms with E-state index in [1.54, 1.807) is 6.07 Å². The number of rotatable bonds is 6. The molecule has 6 nitrogen and oxygen atoms in total. The number of aryl methyl sites for hydroxylation is 2. The number of aliphatic carboxylic acids is 1. The summed E-state index contributed by atoms with van der Waals surface area (Å²) >= 11 is 0. The van der Waals surface area contributed by atoms with E-state index in [1.807, 2.05) is 37.3 Å². The molecule has 7 heteroatoms. The summed E-state index contributed by atoms with van der Waals surface area (Å²) in [6.45, 7) is 1.98. The van der Waals surface area contributed by atoms with Crippen LogP contribution in [0.2, 0.25) is 0 Å². The quantitative estimate of drug-likeness (QED) is 0.352. The van der Waals surface area contributed by atoms with E-state index in [4.69, 9.17) is 9.63 Å². The number of carbonyl (C=O) groups is 1. The van der Waals surface area contributed by atoms with Gasteiger partial charge in [-0.3, -0.25) is 4.79 Å². The molecule has 0 radical (unpaired) electrons. The monoisotopic (exact) mass is 483 g/mol. The Labute approximate surface area is 208 Å². The van der Waals surface area contributed by atoms with Crippen molar-refractivity contribution in [3.8, 4) is 34.0 Å². The van der Waals surface area contributed by atoms with Gasteiger partial charge in [0.15, 0.2) is 0 Å². The van der Waals surface area contributed by atoms with Crippen LogP contribution in [0.1, 0.15) is 42.0 Å². The third-order valence-electron chi connectivity index (χ3n) is 7.44. The molecule has 0 amide bonds. The Balaban J connectivity index is 1.18. The predicted molar refractivity (Wildman–Crippen MR) is 134 cm³/mol. The highest BCUT2D eigenvalue weighted by molar-refractivity contribution is 5.72. The molecule has 36 heavy (non-hydrogen) atoms. The molecule has 0 spiro atoms. The van der Waals surface area contributed by atoms with Crippen molar-refractivity contribution < 1.29 is 18.8 Å². The van der Waals surface area contributed by atoms with Crippen LogP contribution in [0.25, 0.3) is 34.0 Å². The molecule has 2 N–H and O–H groups in total. The zero-order valence-corrected chi connectivity index (χ0v) is 19.9. The second-order valence-corrected chi connectivity index (χ2v) is 9.84. The van der Waals surface area contributed by atoms with Gasteiger partial charge < -0.3 is 14.9 Å². The first-order valence-corrected chi connectivity index (χ1v) is 12.3. The number of carboxylic acids is 1. The second kappa shape index (κ2) is 8.99. The van der Waals surface area contributed by atoms with E-state index in [9.17, 15) is 9.18 Å².